The summed E-state index contributed by atoms with van der Waals surface area (Å²) in [5.74, 6) is 0.337. The summed E-state index contributed by atoms with van der Waals surface area (Å²) in [5, 5.41) is 2.72. The van der Waals surface area contributed by atoms with Crippen LogP contribution in [0, 0.1) is 0 Å². The summed E-state index contributed by atoms with van der Waals surface area (Å²) in [4.78, 5) is 25.9. The molecule has 0 atom stereocenters. The molecule has 132 valence electrons. The molecule has 0 bridgehead atoms. The third-order valence-corrected chi connectivity index (χ3v) is 4.09. The fourth-order valence-electron chi connectivity index (χ4n) is 2.65. The Kier molecular flexibility index (Phi) is 5.35. The molecule has 2 amide bonds. The average molecular weight is 343 g/mol. The molecule has 3 rings (SSSR count). The molecule has 3 N–H and O–H groups in total. The number of piperidine rings is 1. The number of nitrogens with zero attached hydrogens (tertiary/aromatic N) is 1. The van der Waals surface area contributed by atoms with E-state index in [2.05, 4.69) is 5.32 Å². The fourth-order valence-corrected chi connectivity index (χ4v) is 2.65. The second kappa shape index (κ2) is 7.85. The fraction of sp³-hybridized carbons (Fsp3) is 0.333. The van der Waals surface area contributed by atoms with E-state index in [-0.39, 0.29) is 30.2 Å². The molecular weight excluding hydrogens is 322 g/mol. The van der Waals surface area contributed by atoms with Gasteiger partial charge >= 0.3 is 0 Å². The number of carbonyl (C=O) groups is 2. The average Bonchev–Trinajstić information content (AvgIpc) is 3.15. The number of furan rings is 1. The molecule has 2 heterocycles. The number of carbonyl (C=O) groups excluding carboxylic acids is 2. The van der Waals surface area contributed by atoms with Crippen molar-refractivity contribution in [2.24, 2.45) is 5.73 Å². The van der Waals surface area contributed by atoms with E-state index in [9.17, 15) is 9.59 Å². The summed E-state index contributed by atoms with van der Waals surface area (Å²) < 4.78 is 10.6. The highest BCUT2D eigenvalue weighted by Gasteiger charge is 2.20. The second-order valence-corrected chi connectivity index (χ2v) is 5.97. The van der Waals surface area contributed by atoms with Crippen molar-refractivity contribution in [3.05, 3.63) is 48.4 Å². The van der Waals surface area contributed by atoms with Crippen LogP contribution in [0.2, 0.25) is 0 Å². The number of nitrogens with one attached hydrogen (secondary N) is 1. The number of likely N-dealkylation sites (tertiary alicyclic amines) is 1. The molecule has 1 aliphatic rings. The molecular formula is C18H21N3O4. The van der Waals surface area contributed by atoms with Crippen molar-refractivity contribution < 1.29 is 18.7 Å². The zero-order chi connectivity index (χ0) is 17.6. The predicted octanol–water partition coefficient (Wildman–Crippen LogP) is 1.86. The van der Waals surface area contributed by atoms with Crippen molar-refractivity contribution in [3.63, 3.8) is 0 Å². The lowest BCUT2D eigenvalue weighted by atomic mass is 10.1. The third-order valence-electron chi connectivity index (χ3n) is 4.09. The van der Waals surface area contributed by atoms with E-state index in [0.29, 0.717) is 24.5 Å². The van der Waals surface area contributed by atoms with Gasteiger partial charge in [0.1, 0.15) is 5.75 Å². The van der Waals surface area contributed by atoms with Crippen molar-refractivity contribution in [2.45, 2.75) is 18.9 Å². The Morgan fingerprint density at radius 1 is 1.24 bits per heavy atom. The maximum absolute atomic E-state index is 12.2. The van der Waals surface area contributed by atoms with Crippen molar-refractivity contribution in [2.75, 3.05) is 25.0 Å². The molecule has 1 aromatic heterocycles. The van der Waals surface area contributed by atoms with Crippen molar-refractivity contribution in [3.8, 4) is 5.75 Å². The Labute approximate surface area is 145 Å². The van der Waals surface area contributed by atoms with Gasteiger partial charge in [0.2, 0.25) is 0 Å². The van der Waals surface area contributed by atoms with Gasteiger partial charge in [-0.05, 0) is 37.1 Å². The van der Waals surface area contributed by atoms with E-state index in [0.717, 1.165) is 12.8 Å². The van der Waals surface area contributed by atoms with Crippen LogP contribution < -0.4 is 15.8 Å². The van der Waals surface area contributed by atoms with Gasteiger partial charge in [-0.25, -0.2) is 0 Å². The van der Waals surface area contributed by atoms with Crippen LogP contribution in [0.15, 0.2) is 47.1 Å². The standard InChI is InChI=1S/C18H21N3O4/c19-13-6-8-21(9-7-13)17(22)12-25-15-4-1-3-14(11-15)20-18(23)16-5-2-10-24-16/h1-5,10-11,13H,6-9,12,19H2,(H,20,23). The Morgan fingerprint density at radius 3 is 2.76 bits per heavy atom. The first-order chi connectivity index (χ1) is 12.1. The van der Waals surface area contributed by atoms with Gasteiger partial charge in [-0.2, -0.15) is 0 Å². The predicted molar refractivity (Wildman–Crippen MR) is 92.4 cm³/mol. The van der Waals surface area contributed by atoms with Crippen LogP contribution in [0.4, 0.5) is 5.69 Å². The number of hydrogen-bond donors (Lipinski definition) is 2. The van der Waals surface area contributed by atoms with Crippen LogP contribution in [0.25, 0.3) is 0 Å². The largest absolute Gasteiger partial charge is 0.484 e. The van der Waals surface area contributed by atoms with Gasteiger partial charge in [0.25, 0.3) is 11.8 Å². The lowest BCUT2D eigenvalue weighted by molar-refractivity contribution is -0.134. The Morgan fingerprint density at radius 2 is 2.04 bits per heavy atom. The topological polar surface area (TPSA) is 97.8 Å². The van der Waals surface area contributed by atoms with Crippen LogP contribution in [0.1, 0.15) is 23.4 Å². The molecule has 0 unspecified atom stereocenters. The number of ether oxygens (including phenoxy) is 1. The highest BCUT2D eigenvalue weighted by Crippen LogP contribution is 2.18. The summed E-state index contributed by atoms with van der Waals surface area (Å²) in [5.41, 5.74) is 6.41. The highest BCUT2D eigenvalue weighted by molar-refractivity contribution is 6.02. The lowest BCUT2D eigenvalue weighted by Crippen LogP contribution is -2.44. The molecule has 0 aliphatic carbocycles. The molecule has 0 saturated carbocycles. The van der Waals surface area contributed by atoms with Crippen molar-refractivity contribution >= 4 is 17.5 Å². The van der Waals surface area contributed by atoms with E-state index >= 15 is 0 Å². The summed E-state index contributed by atoms with van der Waals surface area (Å²) >= 11 is 0. The minimum absolute atomic E-state index is 0.0369. The summed E-state index contributed by atoms with van der Waals surface area (Å²) in [6, 6.07) is 10.3. The van der Waals surface area contributed by atoms with E-state index in [4.69, 9.17) is 14.9 Å². The number of hydrogen-bond acceptors (Lipinski definition) is 5. The molecule has 1 aromatic carbocycles. The molecule has 25 heavy (non-hydrogen) atoms. The van der Waals surface area contributed by atoms with E-state index in [1.165, 1.54) is 6.26 Å². The Bertz CT molecular complexity index is 722. The zero-order valence-electron chi connectivity index (χ0n) is 13.8. The van der Waals surface area contributed by atoms with Crippen molar-refractivity contribution in [1.29, 1.82) is 0 Å². The SMILES string of the molecule is NC1CCN(C(=O)COc2cccc(NC(=O)c3ccco3)c2)CC1. The van der Waals surface area contributed by atoms with Gasteiger partial charge in [0.05, 0.1) is 6.26 Å². The molecule has 0 radical (unpaired) electrons. The first-order valence-electron chi connectivity index (χ1n) is 8.23. The highest BCUT2D eigenvalue weighted by atomic mass is 16.5. The van der Waals surface area contributed by atoms with Crippen LogP contribution in [-0.2, 0) is 4.79 Å². The quantitative estimate of drug-likeness (QED) is 0.863. The summed E-state index contributed by atoms with van der Waals surface area (Å²) in [6.07, 6.45) is 3.08. The van der Waals surface area contributed by atoms with Gasteiger partial charge in [-0.3, -0.25) is 9.59 Å². The molecule has 7 heteroatoms. The van der Waals surface area contributed by atoms with Crippen LogP contribution in [-0.4, -0.2) is 42.5 Å². The normalized spacial score (nSPS) is 15.0. The second-order valence-electron chi connectivity index (χ2n) is 5.97. The van der Waals surface area contributed by atoms with Gasteiger partial charge < -0.3 is 25.1 Å². The zero-order valence-corrected chi connectivity index (χ0v) is 13.8. The molecule has 1 saturated heterocycles. The minimum atomic E-state index is -0.345. The number of anilines is 1. The van der Waals surface area contributed by atoms with Gasteiger partial charge in [-0.15, -0.1) is 0 Å². The van der Waals surface area contributed by atoms with E-state index in [1.807, 2.05) is 0 Å². The lowest BCUT2D eigenvalue weighted by Gasteiger charge is -2.30. The molecule has 2 aromatic rings. The van der Waals surface area contributed by atoms with Crippen LogP contribution in [0.5, 0.6) is 5.75 Å². The maximum Gasteiger partial charge on any atom is 0.291 e. The van der Waals surface area contributed by atoms with Crippen LogP contribution in [0.3, 0.4) is 0 Å². The smallest absolute Gasteiger partial charge is 0.291 e. The summed E-state index contributed by atoms with van der Waals surface area (Å²) in [6.45, 7) is 1.30. The van der Waals surface area contributed by atoms with E-state index < -0.39 is 0 Å². The molecule has 7 nitrogen and oxygen atoms in total. The maximum atomic E-state index is 12.2. The van der Waals surface area contributed by atoms with Crippen molar-refractivity contribution in [1.82, 2.24) is 4.90 Å². The van der Waals surface area contributed by atoms with E-state index in [1.54, 1.807) is 41.3 Å². The Balaban J connectivity index is 1.53. The number of benzene rings is 1. The number of rotatable bonds is 5. The van der Waals surface area contributed by atoms with Crippen LogP contribution >= 0.6 is 0 Å². The first-order valence-corrected chi connectivity index (χ1v) is 8.23. The van der Waals surface area contributed by atoms with Gasteiger partial charge in [0.15, 0.2) is 12.4 Å². The van der Waals surface area contributed by atoms with Gasteiger partial charge in [0, 0.05) is 30.9 Å². The monoisotopic (exact) mass is 343 g/mol. The summed E-state index contributed by atoms with van der Waals surface area (Å²) in [7, 11) is 0. The third kappa shape index (κ3) is 4.60. The minimum Gasteiger partial charge on any atom is -0.484 e. The number of nitrogens with two attached hydrogens (primary N) is 1. The first kappa shape index (κ1) is 17.0. The molecule has 1 fully saturated rings. The van der Waals surface area contributed by atoms with Gasteiger partial charge in [-0.1, -0.05) is 6.07 Å². The number of amides is 2. The Hall–Kier alpha value is -2.80. The molecule has 0 spiro atoms. The molecule has 1 aliphatic heterocycles.